The fourth-order valence-electron chi connectivity index (χ4n) is 1.66. The molecule has 0 bridgehead atoms. The molecule has 1 atom stereocenters. The summed E-state index contributed by atoms with van der Waals surface area (Å²) in [5.74, 6) is -0.601. The van der Waals surface area contributed by atoms with Crippen LogP contribution in [0.1, 0.15) is 29.8 Å². The number of carbonyl (C=O) groups excluding carboxylic acids is 1. The van der Waals surface area contributed by atoms with Crippen LogP contribution in [0.15, 0.2) is 12.1 Å². The number of halogens is 1. The van der Waals surface area contributed by atoms with Crippen LogP contribution in [0.2, 0.25) is 0 Å². The number of amides is 1. The summed E-state index contributed by atoms with van der Waals surface area (Å²) in [5.41, 5.74) is 6.52. The molecule has 5 heteroatoms. The van der Waals surface area contributed by atoms with Crippen LogP contribution < -0.4 is 11.1 Å². The first-order valence-electron chi connectivity index (χ1n) is 6.22. The molecule has 106 valence electrons. The molecule has 0 aliphatic carbocycles. The molecule has 0 aliphatic heterocycles. The largest absolute Gasteiger partial charge is 0.398 e. The van der Waals surface area contributed by atoms with Crippen molar-refractivity contribution < 1.29 is 13.9 Å². The number of benzene rings is 1. The normalized spacial score (nSPS) is 12.5. The zero-order valence-electron chi connectivity index (χ0n) is 11.8. The van der Waals surface area contributed by atoms with Gasteiger partial charge in [-0.25, -0.2) is 4.39 Å². The molecule has 0 spiro atoms. The number of anilines is 1. The number of carbonyl (C=O) groups is 1. The molecule has 1 rings (SSSR count). The maximum atomic E-state index is 13.6. The van der Waals surface area contributed by atoms with Crippen LogP contribution in [0, 0.1) is 18.7 Å². The number of nitrogens with one attached hydrogen (secondary N) is 1. The molecule has 0 heterocycles. The average Bonchev–Trinajstić information content (AvgIpc) is 2.34. The molecule has 1 aromatic rings. The van der Waals surface area contributed by atoms with Gasteiger partial charge < -0.3 is 15.8 Å². The second-order valence-electron chi connectivity index (χ2n) is 4.95. The quantitative estimate of drug-likeness (QED) is 0.804. The Bertz CT molecular complexity index is 438. The molecule has 1 aromatic carbocycles. The highest BCUT2D eigenvalue weighted by atomic mass is 19.1. The Balaban J connectivity index is 2.88. The molecule has 19 heavy (non-hydrogen) atoms. The third kappa shape index (κ3) is 3.92. The maximum absolute atomic E-state index is 13.6. The lowest BCUT2D eigenvalue weighted by atomic mass is 10.0. The second kappa shape index (κ2) is 6.52. The highest BCUT2D eigenvalue weighted by molar-refractivity contribution is 5.95. The second-order valence-corrected chi connectivity index (χ2v) is 4.95. The van der Waals surface area contributed by atoms with Crippen LogP contribution in [-0.4, -0.2) is 25.7 Å². The van der Waals surface area contributed by atoms with Gasteiger partial charge in [-0.15, -0.1) is 0 Å². The molecule has 0 aromatic heterocycles. The van der Waals surface area contributed by atoms with Gasteiger partial charge in [0.1, 0.15) is 5.82 Å². The lowest BCUT2D eigenvalue weighted by molar-refractivity contribution is 0.0866. The summed E-state index contributed by atoms with van der Waals surface area (Å²) in [5, 5.41) is 2.82. The minimum absolute atomic E-state index is 0.122. The van der Waals surface area contributed by atoms with Gasteiger partial charge in [-0.3, -0.25) is 4.79 Å². The van der Waals surface area contributed by atoms with E-state index in [9.17, 15) is 9.18 Å². The third-order valence-electron chi connectivity index (χ3n) is 3.11. The fourth-order valence-corrected chi connectivity index (χ4v) is 1.66. The zero-order valence-corrected chi connectivity index (χ0v) is 11.8. The summed E-state index contributed by atoms with van der Waals surface area (Å²) in [6.45, 7) is 5.95. The molecule has 4 nitrogen and oxygen atoms in total. The molecular formula is C14H21FN2O2. The maximum Gasteiger partial charge on any atom is 0.251 e. The number of hydrogen-bond donors (Lipinski definition) is 2. The van der Waals surface area contributed by atoms with Crippen molar-refractivity contribution in [3.8, 4) is 0 Å². The average molecular weight is 268 g/mol. The molecule has 0 radical (unpaired) electrons. The number of ether oxygens (including phenoxy) is 1. The fraction of sp³-hybridized carbons (Fsp3) is 0.500. The van der Waals surface area contributed by atoms with E-state index >= 15 is 0 Å². The highest BCUT2D eigenvalue weighted by Gasteiger charge is 2.18. The Morgan fingerprint density at radius 1 is 1.47 bits per heavy atom. The van der Waals surface area contributed by atoms with E-state index in [1.165, 1.54) is 12.1 Å². The lowest BCUT2D eigenvalue weighted by Crippen LogP contribution is -2.41. The first-order chi connectivity index (χ1) is 8.86. The molecule has 1 unspecified atom stereocenters. The Hall–Kier alpha value is -1.62. The van der Waals surface area contributed by atoms with Crippen molar-refractivity contribution in [2.24, 2.45) is 5.92 Å². The monoisotopic (exact) mass is 268 g/mol. The predicted octanol–water partition coefficient (Wildman–Crippen LogP) is 2.12. The van der Waals surface area contributed by atoms with Gasteiger partial charge in [0, 0.05) is 23.9 Å². The van der Waals surface area contributed by atoms with Gasteiger partial charge in [-0.1, -0.05) is 13.8 Å². The van der Waals surface area contributed by atoms with E-state index < -0.39 is 5.82 Å². The molecule has 3 N–H and O–H groups in total. The SMILES string of the molecule is COCC(NC(=O)c1cc(N)c(C)c(F)c1)C(C)C. The third-order valence-corrected chi connectivity index (χ3v) is 3.11. The van der Waals surface area contributed by atoms with Crippen LogP contribution in [0.25, 0.3) is 0 Å². The number of nitrogens with two attached hydrogens (primary N) is 1. The summed E-state index contributed by atoms with van der Waals surface area (Å²) >= 11 is 0. The molecule has 1 amide bonds. The van der Waals surface area contributed by atoms with Crippen molar-refractivity contribution in [1.29, 1.82) is 0 Å². The molecular weight excluding hydrogens is 247 g/mol. The van der Waals surface area contributed by atoms with Crippen molar-refractivity contribution in [3.63, 3.8) is 0 Å². The van der Waals surface area contributed by atoms with Crippen LogP contribution in [-0.2, 0) is 4.74 Å². The van der Waals surface area contributed by atoms with Gasteiger partial charge in [-0.05, 0) is 25.0 Å². The van der Waals surface area contributed by atoms with Crippen LogP contribution in [0.4, 0.5) is 10.1 Å². The van der Waals surface area contributed by atoms with E-state index in [-0.39, 0.29) is 29.1 Å². The van der Waals surface area contributed by atoms with Crippen molar-refractivity contribution in [3.05, 3.63) is 29.1 Å². The van der Waals surface area contributed by atoms with E-state index in [0.29, 0.717) is 12.2 Å². The van der Waals surface area contributed by atoms with E-state index in [1.807, 2.05) is 13.8 Å². The first-order valence-corrected chi connectivity index (χ1v) is 6.22. The van der Waals surface area contributed by atoms with Gasteiger partial charge in [0.25, 0.3) is 5.91 Å². The Labute approximate surface area is 113 Å². The summed E-state index contributed by atoms with van der Waals surface area (Å²) in [7, 11) is 1.57. The number of hydrogen-bond acceptors (Lipinski definition) is 3. The number of methoxy groups -OCH3 is 1. The number of rotatable bonds is 5. The van der Waals surface area contributed by atoms with Crippen molar-refractivity contribution in [2.45, 2.75) is 26.8 Å². The zero-order chi connectivity index (χ0) is 14.6. The van der Waals surface area contributed by atoms with E-state index in [1.54, 1.807) is 14.0 Å². The smallest absolute Gasteiger partial charge is 0.251 e. The van der Waals surface area contributed by atoms with Crippen LogP contribution in [0.5, 0.6) is 0 Å². The van der Waals surface area contributed by atoms with Gasteiger partial charge in [0.2, 0.25) is 0 Å². The minimum Gasteiger partial charge on any atom is -0.398 e. The molecule has 0 aliphatic rings. The molecule has 0 saturated heterocycles. The van der Waals surface area contributed by atoms with Crippen molar-refractivity contribution >= 4 is 11.6 Å². The van der Waals surface area contributed by atoms with Gasteiger partial charge in [0.05, 0.1) is 12.6 Å². The first kappa shape index (κ1) is 15.4. The number of nitrogen functional groups attached to an aromatic ring is 1. The van der Waals surface area contributed by atoms with Crippen LogP contribution in [0.3, 0.4) is 0 Å². The van der Waals surface area contributed by atoms with E-state index in [2.05, 4.69) is 5.32 Å². The minimum atomic E-state index is -0.474. The molecule has 0 saturated carbocycles. The van der Waals surface area contributed by atoms with Crippen molar-refractivity contribution in [2.75, 3.05) is 19.5 Å². The van der Waals surface area contributed by atoms with E-state index in [0.717, 1.165) is 0 Å². The van der Waals surface area contributed by atoms with Gasteiger partial charge in [0.15, 0.2) is 0 Å². The van der Waals surface area contributed by atoms with Gasteiger partial charge in [-0.2, -0.15) is 0 Å². The highest BCUT2D eigenvalue weighted by Crippen LogP contribution is 2.17. The topological polar surface area (TPSA) is 64.3 Å². The Morgan fingerprint density at radius 2 is 2.11 bits per heavy atom. The standard InChI is InChI=1S/C14H21FN2O2/c1-8(2)13(7-19-4)17-14(18)10-5-11(15)9(3)12(16)6-10/h5-6,8,13H,7,16H2,1-4H3,(H,17,18). The summed E-state index contributed by atoms with van der Waals surface area (Å²) in [4.78, 5) is 12.1. The summed E-state index contributed by atoms with van der Waals surface area (Å²) < 4.78 is 18.6. The summed E-state index contributed by atoms with van der Waals surface area (Å²) in [6, 6.07) is 2.56. The lowest BCUT2D eigenvalue weighted by Gasteiger charge is -2.21. The Morgan fingerprint density at radius 3 is 2.58 bits per heavy atom. The molecule has 0 fully saturated rings. The van der Waals surface area contributed by atoms with Gasteiger partial charge >= 0.3 is 0 Å². The predicted molar refractivity (Wildman–Crippen MR) is 73.5 cm³/mol. The van der Waals surface area contributed by atoms with Crippen molar-refractivity contribution in [1.82, 2.24) is 5.32 Å². The van der Waals surface area contributed by atoms with Crippen LogP contribution >= 0.6 is 0 Å². The summed E-state index contributed by atoms with van der Waals surface area (Å²) in [6.07, 6.45) is 0. The van der Waals surface area contributed by atoms with E-state index in [4.69, 9.17) is 10.5 Å². The Kier molecular flexibility index (Phi) is 5.30.